The van der Waals surface area contributed by atoms with Crippen LogP contribution in [0.5, 0.6) is 0 Å². The first-order chi connectivity index (χ1) is 16.3. The Hall–Kier alpha value is -2.89. The lowest BCUT2D eigenvalue weighted by Gasteiger charge is -2.27. The number of hydrogen-bond donors (Lipinski definition) is 2. The molecule has 2 aliphatic rings. The summed E-state index contributed by atoms with van der Waals surface area (Å²) in [5.41, 5.74) is 1.41. The number of ether oxygens (including phenoxy) is 1. The summed E-state index contributed by atoms with van der Waals surface area (Å²) in [6, 6.07) is 7.65. The average Bonchev–Trinajstić information content (AvgIpc) is 3.40. The van der Waals surface area contributed by atoms with Gasteiger partial charge in [-0.3, -0.25) is 9.59 Å². The van der Waals surface area contributed by atoms with E-state index in [4.69, 9.17) is 25.2 Å². The van der Waals surface area contributed by atoms with Crippen LogP contribution in [0.25, 0.3) is 11.1 Å². The number of carbonyl (C=O) groups is 2. The normalized spacial score (nSPS) is 21.2. The molecule has 2 aromatic heterocycles. The summed E-state index contributed by atoms with van der Waals surface area (Å²) in [5, 5.41) is 2.99. The number of fused-ring (bicyclic) bond motifs is 1. The first-order valence-corrected chi connectivity index (χ1v) is 12.8. The van der Waals surface area contributed by atoms with Crippen molar-refractivity contribution in [1.29, 1.82) is 0 Å². The van der Waals surface area contributed by atoms with Crippen molar-refractivity contribution < 1.29 is 31.6 Å². The molecule has 1 aromatic carbocycles. The van der Waals surface area contributed by atoms with Crippen molar-refractivity contribution in [3.8, 4) is 0 Å². The standard InChI is InChI=1S/C22H22ClN3O7S/c23-14-3-6-17-16(9-14)25-22(33-17)12-1-4-15(5-2-12)24-21(28)18-7-8-19(32-18)34(29,30)26-20(27)13-10-31-11-13/h3,6-9,12-13,15H,1-2,4-5,10-11H2,(H,24,28)(H,26,27). The number of halogens is 1. The molecular weight excluding hydrogens is 486 g/mol. The van der Waals surface area contributed by atoms with Crippen LogP contribution in [0.1, 0.15) is 48.0 Å². The van der Waals surface area contributed by atoms with Crippen LogP contribution < -0.4 is 10.0 Å². The molecule has 5 rings (SSSR count). The minimum Gasteiger partial charge on any atom is -0.440 e. The second-order valence-electron chi connectivity index (χ2n) is 8.51. The fraction of sp³-hybridized carbons (Fsp3) is 0.409. The Balaban J connectivity index is 1.16. The van der Waals surface area contributed by atoms with E-state index in [-0.39, 0.29) is 30.9 Å². The highest BCUT2D eigenvalue weighted by atomic mass is 35.5. The van der Waals surface area contributed by atoms with Crippen molar-refractivity contribution >= 4 is 44.5 Å². The number of furan rings is 1. The molecule has 1 aliphatic heterocycles. The maximum Gasteiger partial charge on any atom is 0.297 e. The third kappa shape index (κ3) is 4.68. The van der Waals surface area contributed by atoms with Gasteiger partial charge >= 0.3 is 0 Å². The molecular formula is C22H22ClN3O7S. The number of aromatic nitrogens is 1. The van der Waals surface area contributed by atoms with Crippen LogP contribution in [-0.2, 0) is 19.6 Å². The summed E-state index contributed by atoms with van der Waals surface area (Å²) in [6.45, 7) is 0.354. The molecule has 0 bridgehead atoms. The molecule has 1 saturated heterocycles. The summed E-state index contributed by atoms with van der Waals surface area (Å²) >= 11 is 6.02. The smallest absolute Gasteiger partial charge is 0.297 e. The Morgan fingerprint density at radius 3 is 2.50 bits per heavy atom. The number of oxazole rings is 1. The number of nitrogens with zero attached hydrogens (tertiary/aromatic N) is 1. The summed E-state index contributed by atoms with van der Waals surface area (Å²) in [4.78, 5) is 29.0. The monoisotopic (exact) mass is 507 g/mol. The Bertz CT molecular complexity index is 1340. The van der Waals surface area contributed by atoms with Gasteiger partial charge in [0.15, 0.2) is 17.2 Å². The van der Waals surface area contributed by atoms with E-state index >= 15 is 0 Å². The van der Waals surface area contributed by atoms with E-state index in [1.165, 1.54) is 6.07 Å². The van der Waals surface area contributed by atoms with Crippen molar-refractivity contribution in [2.45, 2.75) is 42.7 Å². The van der Waals surface area contributed by atoms with Crippen LogP contribution >= 0.6 is 11.6 Å². The van der Waals surface area contributed by atoms with E-state index in [9.17, 15) is 18.0 Å². The molecule has 2 fully saturated rings. The van der Waals surface area contributed by atoms with Crippen LogP contribution in [0.4, 0.5) is 0 Å². The minimum atomic E-state index is -4.21. The topological polar surface area (TPSA) is 141 Å². The molecule has 3 heterocycles. The Morgan fingerprint density at radius 1 is 1.03 bits per heavy atom. The van der Waals surface area contributed by atoms with Crippen LogP contribution in [0.3, 0.4) is 0 Å². The second kappa shape index (κ2) is 9.05. The van der Waals surface area contributed by atoms with Gasteiger partial charge in [-0.25, -0.2) is 9.71 Å². The quantitative estimate of drug-likeness (QED) is 0.518. The van der Waals surface area contributed by atoms with Gasteiger partial charge in [0.05, 0.1) is 19.1 Å². The van der Waals surface area contributed by atoms with Crippen LogP contribution in [0, 0.1) is 5.92 Å². The number of benzene rings is 1. The molecule has 34 heavy (non-hydrogen) atoms. The number of rotatable bonds is 6. The van der Waals surface area contributed by atoms with E-state index in [1.54, 1.807) is 18.2 Å². The summed E-state index contributed by atoms with van der Waals surface area (Å²) in [7, 11) is -4.21. The van der Waals surface area contributed by atoms with Crippen molar-refractivity contribution in [3.05, 3.63) is 47.0 Å². The van der Waals surface area contributed by atoms with Gasteiger partial charge in [-0.05, 0) is 56.0 Å². The van der Waals surface area contributed by atoms with Crippen molar-refractivity contribution in [3.63, 3.8) is 0 Å². The fourth-order valence-corrected chi connectivity index (χ4v) is 5.22. The van der Waals surface area contributed by atoms with Gasteiger partial charge in [-0.1, -0.05) is 11.6 Å². The molecule has 3 aromatic rings. The molecule has 0 radical (unpaired) electrons. The zero-order chi connectivity index (χ0) is 23.9. The maximum atomic E-state index is 12.6. The molecule has 180 valence electrons. The highest BCUT2D eigenvalue weighted by Gasteiger charge is 2.32. The maximum absolute atomic E-state index is 12.6. The predicted molar refractivity (Wildman–Crippen MR) is 120 cm³/mol. The lowest BCUT2D eigenvalue weighted by molar-refractivity contribution is -0.136. The van der Waals surface area contributed by atoms with E-state index in [1.807, 2.05) is 4.72 Å². The summed E-state index contributed by atoms with van der Waals surface area (Å²) < 4.78 is 42.6. The third-order valence-corrected chi connectivity index (χ3v) is 7.55. The van der Waals surface area contributed by atoms with Gasteiger partial charge in [0.1, 0.15) is 5.52 Å². The average molecular weight is 508 g/mol. The summed E-state index contributed by atoms with van der Waals surface area (Å²) in [6.07, 6.45) is 2.98. The Morgan fingerprint density at radius 2 is 1.79 bits per heavy atom. The minimum absolute atomic E-state index is 0.0916. The van der Waals surface area contributed by atoms with Crippen LogP contribution in [0.2, 0.25) is 5.02 Å². The van der Waals surface area contributed by atoms with Gasteiger partial charge in [0.2, 0.25) is 11.0 Å². The van der Waals surface area contributed by atoms with Gasteiger partial charge in [-0.15, -0.1) is 0 Å². The van der Waals surface area contributed by atoms with E-state index in [0.717, 1.165) is 24.4 Å². The van der Waals surface area contributed by atoms with E-state index in [2.05, 4.69) is 10.3 Å². The lowest BCUT2D eigenvalue weighted by Crippen LogP contribution is -2.44. The molecule has 0 spiro atoms. The molecule has 2 amide bonds. The Labute approximate surface area is 200 Å². The summed E-state index contributed by atoms with van der Waals surface area (Å²) in [5.74, 6) is -1.01. The van der Waals surface area contributed by atoms with Crippen LogP contribution in [-0.4, -0.2) is 44.5 Å². The number of amides is 2. The third-order valence-electron chi connectivity index (χ3n) is 6.09. The molecule has 0 atom stereocenters. The first-order valence-electron chi connectivity index (χ1n) is 10.9. The zero-order valence-corrected chi connectivity index (χ0v) is 19.5. The van der Waals surface area contributed by atoms with Crippen LogP contribution in [0.15, 0.2) is 44.3 Å². The molecule has 10 nitrogen and oxygen atoms in total. The second-order valence-corrected chi connectivity index (χ2v) is 10.6. The van der Waals surface area contributed by atoms with E-state index in [0.29, 0.717) is 29.3 Å². The number of carbonyl (C=O) groups excluding carboxylic acids is 2. The highest BCUT2D eigenvalue weighted by molar-refractivity contribution is 7.89. The predicted octanol–water partition coefficient (Wildman–Crippen LogP) is 2.98. The number of hydrogen-bond acceptors (Lipinski definition) is 8. The van der Waals surface area contributed by atoms with E-state index < -0.39 is 32.8 Å². The Kier molecular flexibility index (Phi) is 6.09. The molecule has 12 heteroatoms. The lowest BCUT2D eigenvalue weighted by atomic mass is 9.86. The molecule has 1 saturated carbocycles. The molecule has 1 aliphatic carbocycles. The van der Waals surface area contributed by atoms with Gasteiger partial charge < -0.3 is 18.9 Å². The van der Waals surface area contributed by atoms with Crippen molar-refractivity contribution in [1.82, 2.24) is 15.0 Å². The molecule has 2 N–H and O–H groups in total. The SMILES string of the molecule is O=C(NC1CCC(c2nc3cc(Cl)ccc3o2)CC1)c1ccc(S(=O)(=O)NC(=O)C2COC2)o1. The van der Waals surface area contributed by atoms with Gasteiger partial charge in [0, 0.05) is 17.0 Å². The van der Waals surface area contributed by atoms with Crippen molar-refractivity contribution in [2.75, 3.05) is 13.2 Å². The largest absolute Gasteiger partial charge is 0.440 e. The fourth-order valence-electron chi connectivity index (χ4n) is 4.07. The first kappa shape index (κ1) is 22.9. The zero-order valence-electron chi connectivity index (χ0n) is 18.0. The number of sulfonamides is 1. The van der Waals surface area contributed by atoms with Gasteiger partial charge in [0.25, 0.3) is 15.9 Å². The van der Waals surface area contributed by atoms with Gasteiger partial charge in [-0.2, -0.15) is 8.42 Å². The molecule has 0 unspecified atom stereocenters. The highest BCUT2D eigenvalue weighted by Crippen LogP contribution is 2.34. The number of nitrogens with one attached hydrogen (secondary N) is 2. The van der Waals surface area contributed by atoms with Crippen molar-refractivity contribution in [2.24, 2.45) is 5.92 Å².